The Labute approximate surface area is 72.8 Å². The number of aryl methyl sites for hydroxylation is 1. The zero-order valence-electron chi connectivity index (χ0n) is 6.26. The molecule has 0 aliphatic rings. The van der Waals surface area contributed by atoms with Gasteiger partial charge in [0.1, 0.15) is 5.69 Å². The molecule has 0 unspecified atom stereocenters. The van der Waals surface area contributed by atoms with E-state index in [0.29, 0.717) is 5.69 Å². The van der Waals surface area contributed by atoms with Gasteiger partial charge in [-0.1, -0.05) is 0 Å². The van der Waals surface area contributed by atoms with Gasteiger partial charge in [-0.15, -0.1) is 0 Å². The van der Waals surface area contributed by atoms with E-state index >= 15 is 0 Å². The van der Waals surface area contributed by atoms with Crippen LogP contribution in [-0.4, -0.2) is 15.6 Å². The minimum absolute atomic E-state index is 0.300. The molecular formula is C7H8BrNO2. The molecule has 0 saturated carbocycles. The number of carboxylic acids is 1. The third-order valence-corrected chi connectivity index (χ3v) is 2.71. The number of nitrogens with zero attached hydrogens (tertiary/aromatic N) is 1. The summed E-state index contributed by atoms with van der Waals surface area (Å²) in [6.45, 7) is 1.86. The third kappa shape index (κ3) is 1.30. The van der Waals surface area contributed by atoms with Gasteiger partial charge in [-0.2, -0.15) is 0 Å². The number of halogens is 1. The third-order valence-electron chi connectivity index (χ3n) is 1.55. The van der Waals surface area contributed by atoms with Crippen LogP contribution in [0.15, 0.2) is 10.7 Å². The predicted molar refractivity (Wildman–Crippen MR) is 44.8 cm³/mol. The van der Waals surface area contributed by atoms with Crippen LogP contribution in [0.1, 0.15) is 16.1 Å². The van der Waals surface area contributed by atoms with Gasteiger partial charge in [0.15, 0.2) is 0 Å². The second-order valence-corrected chi connectivity index (χ2v) is 3.12. The molecule has 1 N–H and O–H groups in total. The number of hydrogen-bond donors (Lipinski definition) is 1. The number of hydrogen-bond acceptors (Lipinski definition) is 1. The fourth-order valence-electron chi connectivity index (χ4n) is 0.937. The first-order valence-corrected chi connectivity index (χ1v) is 3.88. The Kier molecular flexibility index (Phi) is 2.04. The zero-order chi connectivity index (χ0) is 8.59. The van der Waals surface area contributed by atoms with Crippen molar-refractivity contribution in [3.63, 3.8) is 0 Å². The maximum Gasteiger partial charge on any atom is 0.352 e. The molecule has 0 spiro atoms. The summed E-state index contributed by atoms with van der Waals surface area (Å²) in [7, 11) is 1.71. The molecule has 0 atom stereocenters. The summed E-state index contributed by atoms with van der Waals surface area (Å²) in [6, 6.07) is 1.63. The van der Waals surface area contributed by atoms with Gasteiger partial charge in [-0.3, -0.25) is 0 Å². The van der Waals surface area contributed by atoms with E-state index in [4.69, 9.17) is 5.11 Å². The molecule has 60 valence electrons. The van der Waals surface area contributed by atoms with Gasteiger partial charge in [-0.05, 0) is 34.5 Å². The van der Waals surface area contributed by atoms with Crippen LogP contribution in [0.4, 0.5) is 0 Å². The highest BCUT2D eigenvalue weighted by Crippen LogP contribution is 2.19. The highest BCUT2D eigenvalue weighted by Gasteiger charge is 2.11. The van der Waals surface area contributed by atoms with Crippen LogP contribution in [-0.2, 0) is 7.05 Å². The van der Waals surface area contributed by atoms with E-state index in [1.807, 2.05) is 6.92 Å². The molecule has 11 heavy (non-hydrogen) atoms. The van der Waals surface area contributed by atoms with E-state index in [0.717, 1.165) is 10.2 Å². The van der Waals surface area contributed by atoms with Gasteiger partial charge < -0.3 is 9.67 Å². The summed E-state index contributed by atoms with van der Waals surface area (Å²) in [6.07, 6.45) is 0. The molecule has 1 heterocycles. The molecule has 0 radical (unpaired) electrons. The summed E-state index contributed by atoms with van der Waals surface area (Å²) < 4.78 is 2.41. The number of carboxylic acid groups (broad SMARTS) is 1. The summed E-state index contributed by atoms with van der Waals surface area (Å²) in [5.41, 5.74) is 1.24. The minimum atomic E-state index is -0.902. The summed E-state index contributed by atoms with van der Waals surface area (Å²) in [5.74, 6) is -0.902. The number of aromatic nitrogens is 1. The molecule has 0 aliphatic carbocycles. The van der Waals surface area contributed by atoms with Crippen LogP contribution < -0.4 is 0 Å². The summed E-state index contributed by atoms with van der Waals surface area (Å²) >= 11 is 3.27. The molecule has 0 bridgehead atoms. The number of rotatable bonds is 1. The quantitative estimate of drug-likeness (QED) is 0.780. The normalized spacial score (nSPS) is 10.1. The van der Waals surface area contributed by atoms with Crippen LogP contribution in [0.2, 0.25) is 0 Å². The van der Waals surface area contributed by atoms with Crippen molar-refractivity contribution in [3.8, 4) is 0 Å². The molecule has 0 saturated heterocycles. The van der Waals surface area contributed by atoms with Gasteiger partial charge in [0.05, 0.1) is 4.60 Å². The maximum atomic E-state index is 10.5. The van der Waals surface area contributed by atoms with Crippen molar-refractivity contribution in [1.82, 2.24) is 4.57 Å². The van der Waals surface area contributed by atoms with Crippen LogP contribution in [0.3, 0.4) is 0 Å². The van der Waals surface area contributed by atoms with Crippen molar-refractivity contribution < 1.29 is 9.90 Å². The predicted octanol–water partition coefficient (Wildman–Crippen LogP) is 1.79. The van der Waals surface area contributed by atoms with Crippen LogP contribution in [0.5, 0.6) is 0 Å². The Bertz CT molecular complexity index is 304. The lowest BCUT2D eigenvalue weighted by molar-refractivity contribution is 0.0686. The molecule has 1 rings (SSSR count). The lowest BCUT2D eigenvalue weighted by atomic mass is 10.3. The van der Waals surface area contributed by atoms with Crippen molar-refractivity contribution in [2.45, 2.75) is 6.92 Å². The first-order valence-electron chi connectivity index (χ1n) is 3.09. The van der Waals surface area contributed by atoms with Crippen LogP contribution >= 0.6 is 15.9 Å². The monoisotopic (exact) mass is 217 g/mol. The zero-order valence-corrected chi connectivity index (χ0v) is 7.84. The largest absolute Gasteiger partial charge is 0.477 e. The molecule has 0 amide bonds. The number of carbonyl (C=O) groups is 1. The lowest BCUT2D eigenvalue weighted by Crippen LogP contribution is -2.03. The van der Waals surface area contributed by atoms with Crippen molar-refractivity contribution in [2.24, 2.45) is 7.05 Å². The molecule has 1 aromatic heterocycles. The van der Waals surface area contributed by atoms with E-state index in [2.05, 4.69) is 15.9 Å². The molecule has 0 aliphatic heterocycles. The van der Waals surface area contributed by atoms with Crippen molar-refractivity contribution in [3.05, 3.63) is 21.9 Å². The Balaban J connectivity index is 3.29. The van der Waals surface area contributed by atoms with E-state index in [1.165, 1.54) is 0 Å². The Hall–Kier alpha value is -0.770. The fraction of sp³-hybridized carbons (Fsp3) is 0.286. The molecule has 4 heteroatoms. The summed E-state index contributed by atoms with van der Waals surface area (Å²) in [5, 5.41) is 8.66. The molecular weight excluding hydrogens is 210 g/mol. The first kappa shape index (κ1) is 8.33. The van der Waals surface area contributed by atoms with Gasteiger partial charge in [-0.25, -0.2) is 4.79 Å². The van der Waals surface area contributed by atoms with Crippen LogP contribution in [0, 0.1) is 6.92 Å². The Morgan fingerprint density at radius 2 is 2.27 bits per heavy atom. The fourth-order valence-corrected chi connectivity index (χ4v) is 1.24. The molecule has 0 aromatic carbocycles. The smallest absolute Gasteiger partial charge is 0.352 e. The van der Waals surface area contributed by atoms with Crippen molar-refractivity contribution in [1.29, 1.82) is 0 Å². The first-order chi connectivity index (χ1) is 5.04. The standard InChI is InChI=1S/C7H8BrNO2/c1-4-3-5(7(10)11)9(2)6(4)8/h3H,1-2H3,(H,10,11). The van der Waals surface area contributed by atoms with E-state index in [1.54, 1.807) is 17.7 Å². The van der Waals surface area contributed by atoms with Gasteiger partial charge in [0.25, 0.3) is 0 Å². The van der Waals surface area contributed by atoms with Gasteiger partial charge in [0.2, 0.25) is 0 Å². The van der Waals surface area contributed by atoms with Crippen molar-refractivity contribution in [2.75, 3.05) is 0 Å². The highest BCUT2D eigenvalue weighted by atomic mass is 79.9. The lowest BCUT2D eigenvalue weighted by Gasteiger charge is -1.97. The molecule has 1 aromatic rings. The van der Waals surface area contributed by atoms with E-state index < -0.39 is 5.97 Å². The highest BCUT2D eigenvalue weighted by molar-refractivity contribution is 9.10. The molecule has 3 nitrogen and oxygen atoms in total. The Morgan fingerprint density at radius 3 is 2.45 bits per heavy atom. The second-order valence-electron chi connectivity index (χ2n) is 2.37. The van der Waals surface area contributed by atoms with Gasteiger partial charge in [0, 0.05) is 7.05 Å². The van der Waals surface area contributed by atoms with E-state index in [-0.39, 0.29) is 0 Å². The summed E-state index contributed by atoms with van der Waals surface area (Å²) in [4.78, 5) is 10.5. The SMILES string of the molecule is Cc1cc(C(=O)O)n(C)c1Br. The van der Waals surface area contributed by atoms with Crippen LogP contribution in [0.25, 0.3) is 0 Å². The van der Waals surface area contributed by atoms with Gasteiger partial charge >= 0.3 is 5.97 Å². The van der Waals surface area contributed by atoms with Crippen molar-refractivity contribution >= 4 is 21.9 Å². The molecule has 0 fully saturated rings. The average Bonchev–Trinajstić information content (AvgIpc) is 2.17. The minimum Gasteiger partial charge on any atom is -0.477 e. The average molecular weight is 218 g/mol. The maximum absolute atomic E-state index is 10.5. The topological polar surface area (TPSA) is 42.2 Å². The Morgan fingerprint density at radius 1 is 1.73 bits per heavy atom. The second kappa shape index (κ2) is 2.70. The van der Waals surface area contributed by atoms with E-state index in [9.17, 15) is 4.79 Å². The number of aromatic carboxylic acids is 1.